The number of allylic oxidation sites excluding steroid dienone is 1. The molecule has 8 heteroatoms. The van der Waals surface area contributed by atoms with Crippen molar-refractivity contribution in [3.05, 3.63) is 71.3 Å². The molecule has 178 valence electrons. The maximum Gasteiger partial charge on any atom is 0.344 e. The van der Waals surface area contributed by atoms with E-state index in [-0.39, 0.29) is 25.3 Å². The number of ether oxygens (including phenoxy) is 4. The molecule has 0 saturated heterocycles. The summed E-state index contributed by atoms with van der Waals surface area (Å²) in [6, 6.07) is 12.6. The number of hydrogen-bond donors (Lipinski definition) is 1. The van der Waals surface area contributed by atoms with Gasteiger partial charge < -0.3 is 24.3 Å². The maximum absolute atomic E-state index is 12.6. The van der Waals surface area contributed by atoms with Crippen molar-refractivity contribution >= 4 is 18.0 Å². The third-order valence-corrected chi connectivity index (χ3v) is 4.67. The van der Waals surface area contributed by atoms with Gasteiger partial charge in [0, 0.05) is 12.1 Å². The van der Waals surface area contributed by atoms with Crippen LogP contribution in [0, 0.1) is 11.3 Å². The number of benzene rings is 2. The number of nitrogens with one attached hydrogen (secondary N) is 1. The van der Waals surface area contributed by atoms with Crippen molar-refractivity contribution < 1.29 is 28.5 Å². The fraction of sp³-hybridized carbons (Fsp3) is 0.269. The highest BCUT2D eigenvalue weighted by Crippen LogP contribution is 2.34. The second-order valence-corrected chi connectivity index (χ2v) is 7.00. The van der Waals surface area contributed by atoms with Crippen molar-refractivity contribution in [2.24, 2.45) is 0 Å². The van der Waals surface area contributed by atoms with Gasteiger partial charge in [0.2, 0.25) is 0 Å². The summed E-state index contributed by atoms with van der Waals surface area (Å²) in [6.07, 6.45) is 3.56. The van der Waals surface area contributed by atoms with Gasteiger partial charge in [-0.05, 0) is 54.8 Å². The minimum Gasteiger partial charge on any atom is -0.497 e. The molecule has 2 aromatic rings. The van der Waals surface area contributed by atoms with E-state index in [9.17, 15) is 14.9 Å². The van der Waals surface area contributed by atoms with Gasteiger partial charge in [-0.25, -0.2) is 4.79 Å². The van der Waals surface area contributed by atoms with Crippen molar-refractivity contribution in [2.45, 2.75) is 19.9 Å². The van der Waals surface area contributed by atoms with E-state index >= 15 is 0 Å². The lowest BCUT2D eigenvalue weighted by Gasteiger charge is -2.15. The highest BCUT2D eigenvalue weighted by atomic mass is 16.6. The molecule has 2 aromatic carbocycles. The fourth-order valence-corrected chi connectivity index (χ4v) is 3.06. The van der Waals surface area contributed by atoms with Crippen LogP contribution in [0.25, 0.3) is 6.08 Å². The highest BCUT2D eigenvalue weighted by molar-refractivity contribution is 6.01. The molecule has 0 aliphatic rings. The lowest BCUT2D eigenvalue weighted by Crippen LogP contribution is -2.23. The summed E-state index contributed by atoms with van der Waals surface area (Å²) in [6.45, 7) is 5.69. The zero-order chi connectivity index (χ0) is 24.9. The molecule has 0 unspecified atom stereocenters. The Morgan fingerprint density at radius 3 is 2.47 bits per heavy atom. The van der Waals surface area contributed by atoms with E-state index in [0.29, 0.717) is 34.8 Å². The molecule has 34 heavy (non-hydrogen) atoms. The summed E-state index contributed by atoms with van der Waals surface area (Å²) in [7, 11) is 3.04. The van der Waals surface area contributed by atoms with Gasteiger partial charge in [0.15, 0.2) is 18.1 Å². The Kier molecular flexibility index (Phi) is 10.2. The Morgan fingerprint density at radius 1 is 1.15 bits per heavy atom. The van der Waals surface area contributed by atoms with Crippen molar-refractivity contribution in [3.63, 3.8) is 0 Å². The molecule has 0 saturated carbocycles. The third kappa shape index (κ3) is 7.41. The molecule has 0 aliphatic heterocycles. The molecule has 0 radical (unpaired) electrons. The van der Waals surface area contributed by atoms with E-state index in [1.54, 1.807) is 44.4 Å². The second kappa shape index (κ2) is 13.3. The quantitative estimate of drug-likeness (QED) is 0.221. The number of rotatable bonds is 12. The summed E-state index contributed by atoms with van der Waals surface area (Å²) in [4.78, 5) is 24.3. The normalized spacial score (nSPS) is 10.6. The Balaban J connectivity index is 2.24. The number of nitrogens with zero attached hydrogens (tertiary/aromatic N) is 1. The standard InChI is InChI=1S/C26H28N2O6/c1-5-7-20-12-19(14-23(32-4)25(20)34-17-24(29)33-6-2)13-21(15-27)26(30)28-16-18-8-10-22(31-3)11-9-18/h5,8-14H,1,6-7,16-17H2,2-4H3,(H,28,30)/b21-13-. The molecule has 0 atom stereocenters. The molecule has 0 aromatic heterocycles. The first-order valence-electron chi connectivity index (χ1n) is 10.6. The van der Waals surface area contributed by atoms with Crippen LogP contribution in [0.5, 0.6) is 17.2 Å². The topological polar surface area (TPSA) is 107 Å². The SMILES string of the molecule is C=CCc1cc(/C=C(/C#N)C(=O)NCc2ccc(OC)cc2)cc(OC)c1OCC(=O)OCC. The maximum atomic E-state index is 12.6. The highest BCUT2D eigenvalue weighted by Gasteiger charge is 2.16. The average Bonchev–Trinajstić information content (AvgIpc) is 2.85. The Morgan fingerprint density at radius 2 is 1.88 bits per heavy atom. The molecule has 2 rings (SSSR count). The van der Waals surface area contributed by atoms with Crippen LogP contribution in [0.3, 0.4) is 0 Å². The Labute approximate surface area is 199 Å². The van der Waals surface area contributed by atoms with Crippen LogP contribution in [-0.2, 0) is 27.3 Å². The van der Waals surface area contributed by atoms with E-state index in [1.807, 2.05) is 18.2 Å². The number of carbonyl (C=O) groups excluding carboxylic acids is 2. The van der Waals surface area contributed by atoms with Crippen LogP contribution in [0.15, 0.2) is 54.6 Å². The van der Waals surface area contributed by atoms with Gasteiger partial charge in [-0.3, -0.25) is 4.79 Å². The van der Waals surface area contributed by atoms with Crippen LogP contribution in [-0.4, -0.2) is 39.3 Å². The zero-order valence-corrected chi connectivity index (χ0v) is 19.6. The van der Waals surface area contributed by atoms with Crippen molar-refractivity contribution in [1.29, 1.82) is 5.26 Å². The van der Waals surface area contributed by atoms with Crippen LogP contribution >= 0.6 is 0 Å². The van der Waals surface area contributed by atoms with Crippen molar-refractivity contribution in [2.75, 3.05) is 27.4 Å². The molecule has 0 spiro atoms. The van der Waals surface area contributed by atoms with Gasteiger partial charge in [0.25, 0.3) is 5.91 Å². The molecule has 0 aliphatic carbocycles. The molecular weight excluding hydrogens is 436 g/mol. The largest absolute Gasteiger partial charge is 0.497 e. The number of hydrogen-bond acceptors (Lipinski definition) is 7. The minimum atomic E-state index is -0.509. The summed E-state index contributed by atoms with van der Waals surface area (Å²) in [5, 5.41) is 12.3. The van der Waals surface area contributed by atoms with Crippen LogP contribution in [0.2, 0.25) is 0 Å². The minimum absolute atomic E-state index is 0.0692. The van der Waals surface area contributed by atoms with Gasteiger partial charge in [-0.1, -0.05) is 18.2 Å². The Hall–Kier alpha value is -4.25. The molecule has 0 bridgehead atoms. The predicted molar refractivity (Wildman–Crippen MR) is 127 cm³/mol. The summed E-state index contributed by atoms with van der Waals surface area (Å²) in [5.41, 5.74) is 2.04. The number of amides is 1. The summed E-state index contributed by atoms with van der Waals surface area (Å²) >= 11 is 0. The van der Waals surface area contributed by atoms with Gasteiger partial charge in [-0.15, -0.1) is 6.58 Å². The monoisotopic (exact) mass is 464 g/mol. The average molecular weight is 465 g/mol. The van der Waals surface area contributed by atoms with Gasteiger partial charge >= 0.3 is 5.97 Å². The molecule has 0 heterocycles. The number of nitriles is 1. The van der Waals surface area contributed by atoms with E-state index in [1.165, 1.54) is 13.2 Å². The third-order valence-electron chi connectivity index (χ3n) is 4.67. The van der Waals surface area contributed by atoms with Crippen molar-refractivity contribution in [1.82, 2.24) is 5.32 Å². The van der Waals surface area contributed by atoms with E-state index < -0.39 is 11.9 Å². The number of esters is 1. The van der Waals surface area contributed by atoms with Crippen LogP contribution < -0.4 is 19.5 Å². The van der Waals surface area contributed by atoms with Crippen molar-refractivity contribution in [3.8, 4) is 23.3 Å². The lowest BCUT2D eigenvalue weighted by atomic mass is 10.0. The fourth-order valence-electron chi connectivity index (χ4n) is 3.06. The molecule has 8 nitrogen and oxygen atoms in total. The first-order valence-corrected chi connectivity index (χ1v) is 10.6. The Bertz CT molecular complexity index is 1080. The van der Waals surface area contributed by atoms with Gasteiger partial charge in [-0.2, -0.15) is 5.26 Å². The molecule has 0 fully saturated rings. The van der Waals surface area contributed by atoms with Crippen LogP contribution in [0.1, 0.15) is 23.6 Å². The molecular formula is C26H28N2O6. The zero-order valence-electron chi connectivity index (χ0n) is 19.6. The first-order chi connectivity index (χ1) is 16.4. The lowest BCUT2D eigenvalue weighted by molar-refractivity contribution is -0.145. The van der Waals surface area contributed by atoms with Gasteiger partial charge in [0.1, 0.15) is 17.4 Å². The summed E-state index contributed by atoms with van der Waals surface area (Å²) in [5.74, 6) is 0.427. The van der Waals surface area contributed by atoms with E-state index in [0.717, 1.165) is 5.56 Å². The van der Waals surface area contributed by atoms with Crippen LogP contribution in [0.4, 0.5) is 0 Å². The number of methoxy groups -OCH3 is 2. The van der Waals surface area contributed by atoms with E-state index in [2.05, 4.69) is 11.9 Å². The van der Waals surface area contributed by atoms with E-state index in [4.69, 9.17) is 18.9 Å². The van der Waals surface area contributed by atoms with Gasteiger partial charge in [0.05, 0.1) is 20.8 Å². The smallest absolute Gasteiger partial charge is 0.344 e. The predicted octanol–water partition coefficient (Wildman–Crippen LogP) is 3.60. The molecule has 1 N–H and O–H groups in total. The number of carbonyl (C=O) groups is 2. The molecule has 1 amide bonds. The summed E-state index contributed by atoms with van der Waals surface area (Å²) < 4.78 is 21.1. The first kappa shape index (κ1) is 26.0. The second-order valence-electron chi connectivity index (χ2n) is 7.00.